The van der Waals surface area contributed by atoms with Gasteiger partial charge in [0.2, 0.25) is 0 Å². The molecule has 0 aliphatic carbocycles. The topological polar surface area (TPSA) is 75.9 Å². The summed E-state index contributed by atoms with van der Waals surface area (Å²) in [7, 11) is 1.39. The number of methoxy groups -OCH3 is 1. The predicted molar refractivity (Wildman–Crippen MR) is 117 cm³/mol. The lowest BCUT2D eigenvalue weighted by Gasteiger charge is -2.19. The number of nitrogens with two attached hydrogens (primary N) is 1. The van der Waals surface area contributed by atoms with Gasteiger partial charge in [0.1, 0.15) is 0 Å². The number of amides is 2. The number of hydrogen-bond donors (Lipinski definition) is 1. The molecule has 3 rings (SSSR count). The van der Waals surface area contributed by atoms with Crippen LogP contribution in [0.4, 0.5) is 16.2 Å². The van der Waals surface area contributed by atoms with Crippen molar-refractivity contribution in [3.63, 3.8) is 0 Å². The van der Waals surface area contributed by atoms with Gasteiger partial charge in [-0.2, -0.15) is 0 Å². The number of esters is 1. The number of urea groups is 1. The highest BCUT2D eigenvalue weighted by Gasteiger charge is 2.30. The molecule has 156 valence electrons. The second-order valence-electron chi connectivity index (χ2n) is 6.95. The fourth-order valence-corrected chi connectivity index (χ4v) is 2.93. The molecule has 1 fully saturated rings. The standard InChI is InChI=1S/C20H22N2O3.C3H9N/c1-15-3-8-17(9-4-15)21-13-14-22(20(21)24)18-10-5-16(6-11-18)7-12-19(23)25-2;1-2-3-4/h3-6,8-11H,7,12-14H2,1-2H3;2-4H2,1H3. The highest BCUT2D eigenvalue weighted by atomic mass is 16.5. The van der Waals surface area contributed by atoms with E-state index in [1.807, 2.05) is 55.5 Å². The largest absolute Gasteiger partial charge is 0.469 e. The van der Waals surface area contributed by atoms with E-state index >= 15 is 0 Å². The highest BCUT2D eigenvalue weighted by Crippen LogP contribution is 2.25. The van der Waals surface area contributed by atoms with Crippen LogP contribution >= 0.6 is 0 Å². The molecule has 0 bridgehead atoms. The van der Waals surface area contributed by atoms with Gasteiger partial charge in [0.05, 0.1) is 7.11 Å². The molecule has 0 saturated carbocycles. The van der Waals surface area contributed by atoms with Crippen LogP contribution in [0, 0.1) is 6.92 Å². The molecule has 0 atom stereocenters. The van der Waals surface area contributed by atoms with Crippen LogP contribution in [-0.2, 0) is 16.0 Å². The van der Waals surface area contributed by atoms with Crippen LogP contribution in [0.2, 0.25) is 0 Å². The molecule has 6 nitrogen and oxygen atoms in total. The number of anilines is 2. The third kappa shape index (κ3) is 6.32. The summed E-state index contributed by atoms with van der Waals surface area (Å²) in [5.41, 5.74) is 9.06. The van der Waals surface area contributed by atoms with Crippen molar-refractivity contribution >= 4 is 23.4 Å². The Morgan fingerprint density at radius 2 is 1.48 bits per heavy atom. The fraction of sp³-hybridized carbons (Fsp3) is 0.391. The van der Waals surface area contributed by atoms with Crippen molar-refractivity contribution in [2.24, 2.45) is 5.73 Å². The van der Waals surface area contributed by atoms with Gasteiger partial charge in [-0.3, -0.25) is 14.6 Å². The van der Waals surface area contributed by atoms with Gasteiger partial charge in [-0.25, -0.2) is 4.79 Å². The minimum atomic E-state index is -0.215. The van der Waals surface area contributed by atoms with Crippen LogP contribution in [0.5, 0.6) is 0 Å². The SMILES string of the molecule is CCCN.COC(=O)CCc1ccc(N2CCN(c3ccc(C)cc3)C2=O)cc1. The third-order valence-electron chi connectivity index (χ3n) is 4.74. The normalized spacial score (nSPS) is 13.2. The van der Waals surface area contributed by atoms with E-state index in [4.69, 9.17) is 5.73 Å². The zero-order chi connectivity index (χ0) is 21.2. The van der Waals surface area contributed by atoms with E-state index in [-0.39, 0.29) is 12.0 Å². The Kier molecular flexibility index (Phi) is 8.68. The fourth-order valence-electron chi connectivity index (χ4n) is 2.93. The lowest BCUT2D eigenvalue weighted by Crippen LogP contribution is -2.31. The van der Waals surface area contributed by atoms with Gasteiger partial charge in [0.15, 0.2) is 0 Å². The first-order valence-electron chi connectivity index (χ1n) is 10.0. The Bertz CT molecular complexity index is 786. The molecule has 1 heterocycles. The molecule has 1 aliphatic heterocycles. The molecule has 0 spiro atoms. The summed E-state index contributed by atoms with van der Waals surface area (Å²) in [6, 6.07) is 15.8. The maximum Gasteiger partial charge on any atom is 0.329 e. The number of ether oxygens (including phenoxy) is 1. The number of carbonyl (C=O) groups is 2. The van der Waals surface area contributed by atoms with Crippen LogP contribution in [0.1, 0.15) is 30.9 Å². The molecule has 1 aliphatic rings. The van der Waals surface area contributed by atoms with Crippen LogP contribution in [0.15, 0.2) is 48.5 Å². The smallest absolute Gasteiger partial charge is 0.329 e. The number of aryl methyl sites for hydroxylation is 2. The van der Waals surface area contributed by atoms with Crippen molar-refractivity contribution in [3.8, 4) is 0 Å². The first-order chi connectivity index (χ1) is 14.0. The number of carbonyl (C=O) groups excluding carboxylic acids is 2. The summed E-state index contributed by atoms with van der Waals surface area (Å²) < 4.78 is 4.65. The number of hydrogen-bond acceptors (Lipinski definition) is 4. The van der Waals surface area contributed by atoms with Gasteiger partial charge in [-0.05, 0) is 56.1 Å². The Morgan fingerprint density at radius 3 is 1.93 bits per heavy atom. The lowest BCUT2D eigenvalue weighted by molar-refractivity contribution is -0.140. The molecule has 29 heavy (non-hydrogen) atoms. The van der Waals surface area contributed by atoms with Crippen LogP contribution in [0.3, 0.4) is 0 Å². The van der Waals surface area contributed by atoms with E-state index in [0.29, 0.717) is 25.9 Å². The molecule has 0 unspecified atom stereocenters. The summed E-state index contributed by atoms with van der Waals surface area (Å²) in [5, 5.41) is 0. The van der Waals surface area contributed by atoms with Gasteiger partial charge in [-0.1, -0.05) is 36.8 Å². The van der Waals surface area contributed by atoms with Crippen molar-refractivity contribution in [1.29, 1.82) is 0 Å². The summed E-state index contributed by atoms with van der Waals surface area (Å²) in [6.45, 7) is 6.24. The van der Waals surface area contributed by atoms with Gasteiger partial charge >= 0.3 is 12.0 Å². The first kappa shape index (κ1) is 22.4. The summed E-state index contributed by atoms with van der Waals surface area (Å²) in [6.07, 6.45) is 2.09. The zero-order valence-electron chi connectivity index (χ0n) is 17.6. The van der Waals surface area contributed by atoms with Crippen LogP contribution in [0.25, 0.3) is 0 Å². The predicted octanol–water partition coefficient (Wildman–Crippen LogP) is 3.90. The molecule has 1 saturated heterocycles. The molecular weight excluding hydrogens is 366 g/mol. The van der Waals surface area contributed by atoms with Crippen molar-refractivity contribution in [3.05, 3.63) is 59.7 Å². The monoisotopic (exact) mass is 397 g/mol. The van der Waals surface area contributed by atoms with Gasteiger partial charge in [-0.15, -0.1) is 0 Å². The second-order valence-corrected chi connectivity index (χ2v) is 6.95. The number of benzene rings is 2. The Balaban J connectivity index is 0.000000687. The van der Waals surface area contributed by atoms with E-state index in [0.717, 1.165) is 29.9 Å². The molecule has 0 aromatic heterocycles. The molecule has 0 radical (unpaired) electrons. The quantitative estimate of drug-likeness (QED) is 0.750. The Labute approximate surface area is 173 Å². The first-order valence-corrected chi connectivity index (χ1v) is 10.0. The average molecular weight is 398 g/mol. The second kappa shape index (κ2) is 11.2. The molecule has 2 aromatic carbocycles. The third-order valence-corrected chi connectivity index (χ3v) is 4.74. The van der Waals surface area contributed by atoms with E-state index in [1.54, 1.807) is 9.80 Å². The average Bonchev–Trinajstić information content (AvgIpc) is 3.14. The van der Waals surface area contributed by atoms with Gasteiger partial charge < -0.3 is 10.5 Å². The number of nitrogens with zero attached hydrogens (tertiary/aromatic N) is 2. The van der Waals surface area contributed by atoms with Gasteiger partial charge in [0.25, 0.3) is 0 Å². The maximum atomic E-state index is 12.7. The zero-order valence-corrected chi connectivity index (χ0v) is 17.6. The van der Waals surface area contributed by atoms with E-state index in [1.165, 1.54) is 12.7 Å². The van der Waals surface area contributed by atoms with Crippen molar-refractivity contribution < 1.29 is 14.3 Å². The lowest BCUT2D eigenvalue weighted by atomic mass is 10.1. The minimum absolute atomic E-state index is 0.00818. The van der Waals surface area contributed by atoms with E-state index in [2.05, 4.69) is 11.7 Å². The number of rotatable bonds is 6. The summed E-state index contributed by atoms with van der Waals surface area (Å²) >= 11 is 0. The van der Waals surface area contributed by atoms with Crippen LogP contribution < -0.4 is 15.5 Å². The highest BCUT2D eigenvalue weighted by molar-refractivity contribution is 6.06. The van der Waals surface area contributed by atoms with Crippen molar-refractivity contribution in [2.75, 3.05) is 36.5 Å². The van der Waals surface area contributed by atoms with E-state index in [9.17, 15) is 9.59 Å². The van der Waals surface area contributed by atoms with Crippen molar-refractivity contribution in [2.45, 2.75) is 33.1 Å². The summed E-state index contributed by atoms with van der Waals surface area (Å²) in [4.78, 5) is 27.5. The van der Waals surface area contributed by atoms with Gasteiger partial charge in [0, 0.05) is 30.9 Å². The Morgan fingerprint density at radius 1 is 1.00 bits per heavy atom. The summed E-state index contributed by atoms with van der Waals surface area (Å²) in [5.74, 6) is -0.215. The minimum Gasteiger partial charge on any atom is -0.469 e. The molecular formula is C23H31N3O3. The molecule has 2 N–H and O–H groups in total. The Hall–Kier alpha value is -2.86. The van der Waals surface area contributed by atoms with Crippen LogP contribution in [-0.4, -0.2) is 38.7 Å². The molecule has 2 aromatic rings. The van der Waals surface area contributed by atoms with Crippen molar-refractivity contribution in [1.82, 2.24) is 0 Å². The van der Waals surface area contributed by atoms with E-state index < -0.39 is 0 Å². The molecule has 6 heteroatoms. The maximum absolute atomic E-state index is 12.7. The molecule has 2 amide bonds.